The number of halogens is 1. The highest BCUT2D eigenvalue weighted by atomic mass is 35.5. The lowest BCUT2D eigenvalue weighted by atomic mass is 10.3. The summed E-state index contributed by atoms with van der Waals surface area (Å²) in [6.45, 7) is 0.309. The highest BCUT2D eigenvalue weighted by Gasteiger charge is 2.32. The minimum absolute atomic E-state index is 0.0277. The van der Waals surface area contributed by atoms with Gasteiger partial charge >= 0.3 is 5.69 Å². The van der Waals surface area contributed by atoms with Crippen LogP contribution in [0.4, 0.5) is 5.69 Å². The van der Waals surface area contributed by atoms with Gasteiger partial charge in [0.1, 0.15) is 5.75 Å². The van der Waals surface area contributed by atoms with Crippen molar-refractivity contribution in [3.05, 3.63) is 57.6 Å². The number of benzene rings is 2. The Labute approximate surface area is 184 Å². The van der Waals surface area contributed by atoms with E-state index in [1.54, 1.807) is 24.3 Å². The predicted octanol–water partition coefficient (Wildman–Crippen LogP) is 2.17. The Morgan fingerprint density at radius 3 is 2.35 bits per heavy atom. The SMILES string of the molecule is COc1ccc(S(=O)(=O)N2CCN(C(=O)COc3ccc(Cl)cc3)CC2)cc1[N+](=O)[O-]. The van der Waals surface area contributed by atoms with Gasteiger partial charge in [0.25, 0.3) is 5.91 Å². The molecule has 1 aliphatic rings. The summed E-state index contributed by atoms with van der Waals surface area (Å²) < 4.78 is 37.3. The van der Waals surface area contributed by atoms with Crippen molar-refractivity contribution in [2.24, 2.45) is 0 Å². The zero-order valence-electron chi connectivity index (χ0n) is 16.6. The second-order valence-electron chi connectivity index (χ2n) is 6.62. The molecule has 1 heterocycles. The Balaban J connectivity index is 1.61. The molecule has 3 rings (SSSR count). The molecular formula is C19H20ClN3O7S. The predicted molar refractivity (Wildman–Crippen MR) is 112 cm³/mol. The maximum atomic E-state index is 12.9. The van der Waals surface area contributed by atoms with E-state index in [9.17, 15) is 23.3 Å². The molecule has 0 saturated carbocycles. The van der Waals surface area contributed by atoms with Gasteiger partial charge in [-0.1, -0.05) is 11.6 Å². The van der Waals surface area contributed by atoms with Crippen molar-refractivity contribution in [1.29, 1.82) is 0 Å². The van der Waals surface area contributed by atoms with Crippen LogP contribution in [0, 0.1) is 10.1 Å². The monoisotopic (exact) mass is 469 g/mol. The maximum absolute atomic E-state index is 12.9. The third-order valence-electron chi connectivity index (χ3n) is 4.75. The van der Waals surface area contributed by atoms with Gasteiger partial charge in [-0.15, -0.1) is 0 Å². The van der Waals surface area contributed by atoms with Crippen LogP contribution in [0.25, 0.3) is 0 Å². The lowest BCUT2D eigenvalue weighted by Crippen LogP contribution is -2.51. The van der Waals surface area contributed by atoms with Crippen LogP contribution in [0.2, 0.25) is 5.02 Å². The molecule has 0 aromatic heterocycles. The molecule has 0 N–H and O–H groups in total. The molecule has 1 fully saturated rings. The highest BCUT2D eigenvalue weighted by Crippen LogP contribution is 2.30. The third kappa shape index (κ3) is 5.24. The Kier molecular flexibility index (Phi) is 6.98. The zero-order chi connectivity index (χ0) is 22.6. The number of carbonyl (C=O) groups excluding carboxylic acids is 1. The molecule has 0 spiro atoms. The van der Waals surface area contributed by atoms with Gasteiger partial charge in [-0.2, -0.15) is 4.31 Å². The van der Waals surface area contributed by atoms with Crippen LogP contribution in [-0.2, 0) is 14.8 Å². The number of nitro benzene ring substituents is 1. The van der Waals surface area contributed by atoms with Crippen LogP contribution in [0.5, 0.6) is 11.5 Å². The summed E-state index contributed by atoms with van der Waals surface area (Å²) in [5.74, 6) is 0.201. The van der Waals surface area contributed by atoms with Gasteiger partial charge < -0.3 is 14.4 Å². The molecule has 2 aromatic carbocycles. The number of carbonyl (C=O) groups is 1. The summed E-state index contributed by atoms with van der Waals surface area (Å²) in [5.41, 5.74) is -0.434. The number of sulfonamides is 1. The third-order valence-corrected chi connectivity index (χ3v) is 6.90. The quantitative estimate of drug-likeness (QED) is 0.450. The summed E-state index contributed by atoms with van der Waals surface area (Å²) in [7, 11) is -2.69. The molecule has 166 valence electrons. The summed E-state index contributed by atoms with van der Waals surface area (Å²) in [6, 6.07) is 10.1. The molecule has 10 nitrogen and oxygen atoms in total. The number of rotatable bonds is 7. The molecule has 0 unspecified atom stereocenters. The molecule has 0 atom stereocenters. The van der Waals surface area contributed by atoms with Crippen molar-refractivity contribution >= 4 is 33.2 Å². The number of hydrogen-bond donors (Lipinski definition) is 0. The summed E-state index contributed by atoms with van der Waals surface area (Å²) in [6.07, 6.45) is 0. The molecule has 1 saturated heterocycles. The standard InChI is InChI=1S/C19H20ClN3O7S/c1-29-18-7-6-16(12-17(18)23(25)26)31(27,28)22-10-8-21(9-11-22)19(24)13-30-15-4-2-14(20)3-5-15/h2-7,12H,8-11,13H2,1H3. The number of amides is 1. The Morgan fingerprint density at radius 2 is 1.77 bits per heavy atom. The van der Waals surface area contributed by atoms with Gasteiger partial charge in [0.2, 0.25) is 10.0 Å². The van der Waals surface area contributed by atoms with Crippen molar-refractivity contribution in [2.45, 2.75) is 4.90 Å². The summed E-state index contributed by atoms with van der Waals surface area (Å²) in [4.78, 5) is 24.2. The topological polar surface area (TPSA) is 119 Å². The van der Waals surface area contributed by atoms with Crippen molar-refractivity contribution in [3.8, 4) is 11.5 Å². The van der Waals surface area contributed by atoms with Crippen molar-refractivity contribution in [1.82, 2.24) is 9.21 Å². The minimum Gasteiger partial charge on any atom is -0.490 e. The van der Waals surface area contributed by atoms with Crippen LogP contribution >= 0.6 is 11.6 Å². The number of nitrogens with zero attached hydrogens (tertiary/aromatic N) is 3. The van der Waals surface area contributed by atoms with E-state index in [0.29, 0.717) is 10.8 Å². The fourth-order valence-corrected chi connectivity index (χ4v) is 4.64. The smallest absolute Gasteiger partial charge is 0.312 e. The Hall–Kier alpha value is -2.89. The van der Waals surface area contributed by atoms with Crippen molar-refractivity contribution in [3.63, 3.8) is 0 Å². The molecule has 0 aliphatic carbocycles. The molecule has 1 amide bonds. The fourth-order valence-electron chi connectivity index (χ4n) is 3.07. The number of ether oxygens (including phenoxy) is 2. The largest absolute Gasteiger partial charge is 0.490 e. The number of hydrogen-bond acceptors (Lipinski definition) is 7. The Morgan fingerprint density at radius 1 is 1.13 bits per heavy atom. The average Bonchev–Trinajstić information content (AvgIpc) is 2.78. The van der Waals surface area contributed by atoms with E-state index in [1.165, 1.54) is 28.4 Å². The van der Waals surface area contributed by atoms with E-state index in [1.807, 2.05) is 0 Å². The van der Waals surface area contributed by atoms with E-state index in [-0.39, 0.29) is 49.3 Å². The highest BCUT2D eigenvalue weighted by molar-refractivity contribution is 7.89. The second kappa shape index (κ2) is 9.50. The summed E-state index contributed by atoms with van der Waals surface area (Å²) >= 11 is 5.81. The van der Waals surface area contributed by atoms with Crippen LogP contribution in [0.1, 0.15) is 0 Å². The maximum Gasteiger partial charge on any atom is 0.312 e. The van der Waals surface area contributed by atoms with Gasteiger partial charge in [-0.3, -0.25) is 14.9 Å². The van der Waals surface area contributed by atoms with Crippen LogP contribution in [0.3, 0.4) is 0 Å². The molecular weight excluding hydrogens is 450 g/mol. The average molecular weight is 470 g/mol. The minimum atomic E-state index is -3.96. The first-order chi connectivity index (χ1) is 14.7. The molecule has 12 heteroatoms. The fraction of sp³-hybridized carbons (Fsp3) is 0.316. The first-order valence-corrected chi connectivity index (χ1v) is 11.0. The normalized spacial score (nSPS) is 14.8. The molecule has 0 bridgehead atoms. The lowest BCUT2D eigenvalue weighted by molar-refractivity contribution is -0.386. The van der Waals surface area contributed by atoms with Crippen LogP contribution in [0.15, 0.2) is 47.4 Å². The first-order valence-electron chi connectivity index (χ1n) is 9.21. The van der Waals surface area contributed by atoms with E-state index < -0.39 is 20.6 Å². The molecule has 0 radical (unpaired) electrons. The van der Waals surface area contributed by atoms with Gasteiger partial charge in [0.05, 0.1) is 16.9 Å². The lowest BCUT2D eigenvalue weighted by Gasteiger charge is -2.33. The van der Waals surface area contributed by atoms with E-state index in [0.717, 1.165) is 6.07 Å². The van der Waals surface area contributed by atoms with E-state index >= 15 is 0 Å². The number of nitro groups is 1. The van der Waals surface area contributed by atoms with Crippen molar-refractivity contribution in [2.75, 3.05) is 39.9 Å². The second-order valence-corrected chi connectivity index (χ2v) is 8.99. The molecule has 1 aliphatic heterocycles. The zero-order valence-corrected chi connectivity index (χ0v) is 18.1. The van der Waals surface area contributed by atoms with Gasteiger partial charge in [0, 0.05) is 37.3 Å². The van der Waals surface area contributed by atoms with Crippen LogP contribution < -0.4 is 9.47 Å². The molecule has 31 heavy (non-hydrogen) atoms. The van der Waals surface area contributed by atoms with Crippen LogP contribution in [-0.4, -0.2) is 68.3 Å². The van der Waals surface area contributed by atoms with Crippen molar-refractivity contribution < 1.29 is 27.6 Å². The van der Waals surface area contributed by atoms with E-state index in [2.05, 4.69) is 0 Å². The Bertz CT molecular complexity index is 1070. The molecule has 2 aromatic rings. The summed E-state index contributed by atoms with van der Waals surface area (Å²) in [5, 5.41) is 11.7. The first kappa shape index (κ1) is 22.8. The van der Waals surface area contributed by atoms with E-state index in [4.69, 9.17) is 21.1 Å². The van der Waals surface area contributed by atoms with Gasteiger partial charge in [0.15, 0.2) is 12.4 Å². The number of piperazine rings is 1. The number of methoxy groups -OCH3 is 1. The van der Waals surface area contributed by atoms with Gasteiger partial charge in [-0.05, 0) is 36.4 Å². The van der Waals surface area contributed by atoms with Gasteiger partial charge in [-0.25, -0.2) is 8.42 Å².